The van der Waals surface area contributed by atoms with E-state index in [1.807, 2.05) is 0 Å². The number of hydrogen-bond donors (Lipinski definition) is 3. The fourth-order valence-corrected chi connectivity index (χ4v) is 4.67. The molecule has 0 saturated carbocycles. The molecule has 0 aromatic heterocycles. The summed E-state index contributed by atoms with van der Waals surface area (Å²) >= 11 is 0. The van der Waals surface area contributed by atoms with E-state index in [1.165, 1.54) is 0 Å². The third kappa shape index (κ3) is 5.51. The smallest absolute Gasteiger partial charge is 0.348 e. The van der Waals surface area contributed by atoms with Crippen LogP contribution in [0.5, 0.6) is 0 Å². The molecule has 7 nitrogen and oxygen atoms in total. The Morgan fingerprint density at radius 2 is 1.27 bits per heavy atom. The number of carbonyl (C=O) groups excluding carboxylic acids is 1. The predicted octanol–water partition coefficient (Wildman–Crippen LogP) is 0.832. The topological polar surface area (TPSA) is 121 Å². The van der Waals surface area contributed by atoms with Gasteiger partial charge in [0.05, 0.1) is 21.7 Å². The van der Waals surface area contributed by atoms with Gasteiger partial charge in [-0.15, -0.1) is 0 Å². The first kappa shape index (κ1) is 22.1. The molecule has 1 rings (SSSR count). The molecule has 3 N–H and O–H groups in total. The second-order valence-corrected chi connectivity index (χ2v) is 18.4. The third-order valence-corrected chi connectivity index (χ3v) is 7.96. The Morgan fingerprint density at radius 3 is 1.58 bits per heavy atom. The number of ether oxygens (including phenoxy) is 1. The number of aliphatic carboxylic acids is 2. The number of esters is 1. The zero-order valence-corrected chi connectivity index (χ0v) is 17.9. The molecule has 0 unspecified atom stereocenters. The molecule has 144 valence electrons. The average molecular weight is 399 g/mol. The molecule has 26 heavy (non-hydrogen) atoms. The Hall–Kier alpha value is -1.98. The Labute approximate surface area is 154 Å². The normalized spacial score (nSPS) is 14.4. The van der Waals surface area contributed by atoms with E-state index in [0.29, 0.717) is 0 Å². The largest absolute Gasteiger partial charge is 0.479 e. The van der Waals surface area contributed by atoms with Crippen LogP contribution in [0.15, 0.2) is 18.2 Å². The lowest BCUT2D eigenvalue weighted by atomic mass is 10.2. The molecule has 0 fully saturated rings. The van der Waals surface area contributed by atoms with Crippen LogP contribution in [0.2, 0.25) is 39.3 Å². The van der Waals surface area contributed by atoms with Gasteiger partial charge in [0.1, 0.15) is 0 Å². The van der Waals surface area contributed by atoms with Gasteiger partial charge in [-0.3, -0.25) is 0 Å². The van der Waals surface area contributed by atoms with Crippen molar-refractivity contribution in [3.63, 3.8) is 0 Å². The van der Waals surface area contributed by atoms with Crippen LogP contribution in [0.1, 0.15) is 10.4 Å². The Balaban J connectivity index is 3.34. The molecule has 0 aliphatic rings. The van der Waals surface area contributed by atoms with E-state index in [2.05, 4.69) is 45.3 Å². The summed E-state index contributed by atoms with van der Waals surface area (Å²) in [6.07, 6.45) is -4.51. The summed E-state index contributed by atoms with van der Waals surface area (Å²) in [5.74, 6) is -4.46. The van der Waals surface area contributed by atoms with Gasteiger partial charge in [0, 0.05) is 0 Å². The van der Waals surface area contributed by atoms with Crippen molar-refractivity contribution >= 4 is 44.4 Å². The molecule has 2 atom stereocenters. The van der Waals surface area contributed by atoms with Crippen molar-refractivity contribution in [2.75, 3.05) is 0 Å². The summed E-state index contributed by atoms with van der Waals surface area (Å²) in [7, 11) is -3.54. The molecule has 0 heterocycles. The Morgan fingerprint density at radius 1 is 0.846 bits per heavy atom. The highest BCUT2D eigenvalue weighted by Crippen LogP contribution is 2.12. The van der Waals surface area contributed by atoms with Crippen LogP contribution in [0.25, 0.3) is 0 Å². The summed E-state index contributed by atoms with van der Waals surface area (Å²) in [6.45, 7) is 12.7. The van der Waals surface area contributed by atoms with E-state index in [1.54, 1.807) is 12.1 Å². The quantitative estimate of drug-likeness (QED) is 0.459. The number of carbonyl (C=O) groups is 3. The van der Waals surface area contributed by atoms with E-state index in [4.69, 9.17) is 14.9 Å². The highest BCUT2D eigenvalue weighted by atomic mass is 28.3. The van der Waals surface area contributed by atoms with Crippen molar-refractivity contribution in [1.82, 2.24) is 0 Å². The maximum absolute atomic E-state index is 12.5. The van der Waals surface area contributed by atoms with E-state index in [9.17, 15) is 19.5 Å². The second kappa shape index (κ2) is 7.72. The van der Waals surface area contributed by atoms with Crippen molar-refractivity contribution < 1.29 is 34.4 Å². The minimum atomic E-state index is -2.34. The molecule has 9 heteroatoms. The van der Waals surface area contributed by atoms with Gasteiger partial charge in [-0.25, -0.2) is 14.4 Å². The zero-order chi connectivity index (χ0) is 20.4. The SMILES string of the molecule is C[Si](C)(C)c1cc(C(=O)O[C@@H](C(=O)O)[C@@H](O)C(=O)O)cc([Si](C)(C)C)c1. The fourth-order valence-electron chi connectivity index (χ4n) is 2.17. The number of hydrogen-bond acceptors (Lipinski definition) is 5. The van der Waals surface area contributed by atoms with E-state index in [-0.39, 0.29) is 5.56 Å². The van der Waals surface area contributed by atoms with Gasteiger partial charge in [-0.2, -0.15) is 0 Å². The lowest BCUT2D eigenvalue weighted by Gasteiger charge is -2.24. The Bertz CT molecular complexity index is 685. The van der Waals surface area contributed by atoms with Crippen LogP contribution in [-0.2, 0) is 14.3 Å². The Kier molecular flexibility index (Phi) is 6.56. The maximum atomic E-state index is 12.5. The molecule has 0 amide bonds. The molecule has 1 aromatic rings. The van der Waals surface area contributed by atoms with Gasteiger partial charge >= 0.3 is 17.9 Å². The number of aliphatic hydroxyl groups excluding tert-OH is 1. The van der Waals surface area contributed by atoms with Gasteiger partial charge in [-0.05, 0) is 12.1 Å². The van der Waals surface area contributed by atoms with Gasteiger partial charge in [0.25, 0.3) is 0 Å². The molecule has 1 aromatic carbocycles. The van der Waals surface area contributed by atoms with Crippen LogP contribution in [0, 0.1) is 0 Å². The monoisotopic (exact) mass is 398 g/mol. The maximum Gasteiger partial charge on any atom is 0.348 e. The molecule has 0 saturated heterocycles. The average Bonchev–Trinajstić information content (AvgIpc) is 2.49. The highest BCUT2D eigenvalue weighted by molar-refractivity contribution is 6.91. The number of benzene rings is 1. The number of carboxylic acids is 2. The number of rotatable bonds is 7. The molecule has 0 bridgehead atoms. The van der Waals surface area contributed by atoms with E-state index in [0.717, 1.165) is 10.4 Å². The van der Waals surface area contributed by atoms with E-state index >= 15 is 0 Å². The van der Waals surface area contributed by atoms with Crippen molar-refractivity contribution in [3.05, 3.63) is 23.8 Å². The predicted molar refractivity (Wildman–Crippen MR) is 103 cm³/mol. The van der Waals surface area contributed by atoms with Gasteiger partial charge < -0.3 is 20.1 Å². The summed E-state index contributed by atoms with van der Waals surface area (Å²) in [4.78, 5) is 34.5. The summed E-state index contributed by atoms with van der Waals surface area (Å²) in [6, 6.07) is 5.44. The number of carboxylic acid groups (broad SMARTS) is 2. The summed E-state index contributed by atoms with van der Waals surface area (Å²) < 4.78 is 4.82. The van der Waals surface area contributed by atoms with Crippen LogP contribution in [0.3, 0.4) is 0 Å². The standard InChI is InChI=1S/C17H26O7Si2/c1-25(2,3)11-7-10(8-12(9-11)26(4,5)6)17(23)24-14(16(21)22)13(18)15(19)20/h7-9,13-14,18H,1-6H3,(H,19,20)(H,21,22)/t13-,14-/m1/s1. The van der Waals surface area contributed by atoms with Gasteiger partial charge in [-0.1, -0.05) is 55.7 Å². The van der Waals surface area contributed by atoms with Crippen molar-refractivity contribution in [1.29, 1.82) is 0 Å². The minimum Gasteiger partial charge on any atom is -0.479 e. The molecular formula is C17H26O7Si2. The fraction of sp³-hybridized carbons (Fsp3) is 0.471. The highest BCUT2D eigenvalue weighted by Gasteiger charge is 2.36. The van der Waals surface area contributed by atoms with Crippen LogP contribution >= 0.6 is 0 Å². The first-order valence-corrected chi connectivity index (χ1v) is 15.2. The van der Waals surface area contributed by atoms with Crippen molar-refractivity contribution in [2.45, 2.75) is 51.5 Å². The van der Waals surface area contributed by atoms with E-state index < -0.39 is 46.3 Å². The first-order valence-electron chi connectivity index (χ1n) is 8.15. The van der Waals surface area contributed by atoms with Crippen molar-refractivity contribution in [2.24, 2.45) is 0 Å². The molecule has 0 spiro atoms. The van der Waals surface area contributed by atoms with Crippen LogP contribution in [-0.4, -0.2) is 61.6 Å². The first-order chi connectivity index (χ1) is 11.6. The number of aliphatic hydroxyl groups is 1. The zero-order valence-electron chi connectivity index (χ0n) is 15.9. The molecule has 0 radical (unpaired) electrons. The minimum absolute atomic E-state index is 0.172. The van der Waals surface area contributed by atoms with Gasteiger partial charge in [0.2, 0.25) is 6.10 Å². The summed E-state index contributed by atoms with van der Waals surface area (Å²) in [5, 5.41) is 29.4. The lowest BCUT2D eigenvalue weighted by molar-refractivity contribution is -0.166. The molecular weight excluding hydrogens is 372 g/mol. The second-order valence-electron chi connectivity index (χ2n) is 8.25. The lowest BCUT2D eigenvalue weighted by Crippen LogP contribution is -2.46. The van der Waals surface area contributed by atoms with Gasteiger partial charge in [0.15, 0.2) is 6.10 Å². The molecule has 0 aliphatic carbocycles. The summed E-state index contributed by atoms with van der Waals surface area (Å²) in [5.41, 5.74) is 0.172. The third-order valence-electron chi connectivity index (χ3n) is 3.92. The van der Waals surface area contributed by atoms with Crippen molar-refractivity contribution in [3.8, 4) is 0 Å². The van der Waals surface area contributed by atoms with Crippen LogP contribution < -0.4 is 10.4 Å². The molecule has 0 aliphatic heterocycles. The van der Waals surface area contributed by atoms with Crippen LogP contribution in [0.4, 0.5) is 0 Å².